The topological polar surface area (TPSA) is 145 Å². The summed E-state index contributed by atoms with van der Waals surface area (Å²) >= 11 is 0. The number of benzene rings is 2. The van der Waals surface area contributed by atoms with E-state index in [0.717, 1.165) is 60.9 Å². The van der Waals surface area contributed by atoms with Crippen LogP contribution in [0.15, 0.2) is 47.5 Å². The van der Waals surface area contributed by atoms with E-state index in [2.05, 4.69) is 78.0 Å². The molecule has 5 fully saturated rings. The van der Waals surface area contributed by atoms with Gasteiger partial charge < -0.3 is 31.1 Å². The summed E-state index contributed by atoms with van der Waals surface area (Å²) in [6.07, 6.45) is 6.29. The summed E-state index contributed by atoms with van der Waals surface area (Å²) < 4.78 is 6.54. The van der Waals surface area contributed by atoms with Crippen molar-refractivity contribution in [2.75, 3.05) is 12.8 Å². The Morgan fingerprint density at radius 2 is 1.63 bits per heavy atom. The van der Waals surface area contributed by atoms with Crippen LogP contribution in [0.1, 0.15) is 154 Å². The number of phenolic OH excluding ortho intramolecular Hbond substituents is 1. The van der Waals surface area contributed by atoms with Crippen LogP contribution in [-0.2, 0) is 27.3 Å². The molecule has 0 amide bonds. The Labute approximate surface area is 359 Å². The third-order valence-electron chi connectivity index (χ3n) is 17.9. The highest BCUT2D eigenvalue weighted by molar-refractivity contribution is 6.00. The number of Topliss-reactive ketones (excluding diaryl/α,β-unsaturated/α-hetero) is 2. The fraction of sp³-hybridized carbons (Fsp3) is 0.692. The quantitative estimate of drug-likeness (QED) is 0.112. The minimum atomic E-state index is -0.783. The van der Waals surface area contributed by atoms with Gasteiger partial charge in [-0.2, -0.15) is 0 Å². The number of epoxide rings is 1. The number of nitrogens with one attached hydrogen (secondary N) is 1. The van der Waals surface area contributed by atoms with Crippen molar-refractivity contribution < 1.29 is 29.6 Å². The van der Waals surface area contributed by atoms with E-state index in [-0.39, 0.29) is 46.6 Å². The number of aliphatic hydroxyl groups excluding tert-OH is 2. The predicted molar refractivity (Wildman–Crippen MR) is 237 cm³/mol. The van der Waals surface area contributed by atoms with Gasteiger partial charge in [-0.25, -0.2) is 0 Å². The molecule has 4 saturated carbocycles. The fourth-order valence-electron chi connectivity index (χ4n) is 15.5. The van der Waals surface area contributed by atoms with Gasteiger partial charge in [0.1, 0.15) is 17.6 Å². The van der Waals surface area contributed by atoms with Crippen LogP contribution in [0.5, 0.6) is 5.75 Å². The number of aliphatic hydroxyl groups is 2. The van der Waals surface area contributed by atoms with Crippen LogP contribution in [-0.4, -0.2) is 57.8 Å². The molecule has 8 nitrogen and oxygen atoms in total. The highest BCUT2D eigenvalue weighted by Gasteiger charge is 2.71. The number of carbonyl (C=O) groups excluding carboxylic acids is 2. The summed E-state index contributed by atoms with van der Waals surface area (Å²) in [7, 11) is 1.87. The molecule has 6 N–H and O–H groups in total. The van der Waals surface area contributed by atoms with Crippen LogP contribution < -0.4 is 11.1 Å². The predicted octanol–water partition coefficient (Wildman–Crippen LogP) is 9.18. The van der Waals surface area contributed by atoms with Crippen LogP contribution in [0, 0.1) is 51.2 Å². The third kappa shape index (κ3) is 6.75. The summed E-state index contributed by atoms with van der Waals surface area (Å²) in [4.78, 5) is 29.0. The number of ether oxygens (including phenoxy) is 1. The van der Waals surface area contributed by atoms with Crippen LogP contribution in [0.4, 0.5) is 5.69 Å². The number of fused-ring (bicyclic) bond motifs is 5. The Morgan fingerprint density at radius 1 is 0.917 bits per heavy atom. The summed E-state index contributed by atoms with van der Waals surface area (Å²) in [5.74, 6) is 1.05. The first-order valence-electron chi connectivity index (χ1n) is 23.3. The number of nitrogens with two attached hydrogens (primary N) is 1. The number of rotatable bonds is 11. The molecule has 5 aliphatic carbocycles. The molecule has 1 aliphatic heterocycles. The van der Waals surface area contributed by atoms with E-state index in [4.69, 9.17) is 10.5 Å². The second-order valence-electron chi connectivity index (χ2n) is 22.6. The van der Waals surface area contributed by atoms with E-state index < -0.39 is 40.0 Å². The molecule has 0 bridgehead atoms. The van der Waals surface area contributed by atoms with Crippen LogP contribution >= 0.6 is 0 Å². The minimum absolute atomic E-state index is 0.127. The zero-order valence-electron chi connectivity index (χ0n) is 38.2. The zero-order chi connectivity index (χ0) is 43.5. The lowest BCUT2D eigenvalue weighted by Gasteiger charge is -2.69. The first-order valence-corrected chi connectivity index (χ1v) is 23.3. The number of anilines is 1. The summed E-state index contributed by atoms with van der Waals surface area (Å²) in [5, 5.41) is 38.2. The number of ketones is 2. The Kier molecular flexibility index (Phi) is 10.9. The van der Waals surface area contributed by atoms with Gasteiger partial charge in [-0.15, -0.1) is 0 Å². The molecule has 0 aromatic heterocycles. The lowest BCUT2D eigenvalue weighted by atomic mass is 9.35. The SMILES string of the molecule is CNCc1cc(O)cc(C2CC3(C)C(C(O)CC4(C)C3CCC3=C(C(C)CC(O)C5OC5(C)C5CCCC5c5cc(N)cc(CC(C)C)c5)C(=O)CC34C)C(C)(C)C2=O)c1. The smallest absolute Gasteiger partial charge is 0.159 e. The molecule has 1 saturated heterocycles. The first-order chi connectivity index (χ1) is 28.1. The fourth-order valence-corrected chi connectivity index (χ4v) is 15.5. The Hall–Kier alpha value is -3.04. The Morgan fingerprint density at radius 3 is 2.33 bits per heavy atom. The van der Waals surface area contributed by atoms with Gasteiger partial charge >= 0.3 is 0 Å². The van der Waals surface area contributed by atoms with Gasteiger partial charge in [0.2, 0.25) is 0 Å². The maximum Gasteiger partial charge on any atom is 0.159 e. The second kappa shape index (κ2) is 15.1. The molecule has 6 aliphatic rings. The number of hydrogen-bond acceptors (Lipinski definition) is 8. The van der Waals surface area contributed by atoms with Gasteiger partial charge in [0.15, 0.2) is 5.78 Å². The molecule has 8 rings (SSSR count). The first kappa shape index (κ1) is 43.6. The molecule has 8 heteroatoms. The van der Waals surface area contributed by atoms with Crippen molar-refractivity contribution in [3.05, 3.63) is 69.8 Å². The number of carbonyl (C=O) groups is 2. The van der Waals surface area contributed by atoms with Crippen molar-refractivity contribution in [3.8, 4) is 5.75 Å². The van der Waals surface area contributed by atoms with Gasteiger partial charge in [-0.1, -0.05) is 79.5 Å². The second-order valence-corrected chi connectivity index (χ2v) is 22.6. The normalized spacial score (nSPS) is 39.4. The molecular weight excluding hydrogens is 749 g/mol. The lowest BCUT2D eigenvalue weighted by molar-refractivity contribution is -0.219. The number of allylic oxidation sites excluding steroid dienone is 2. The van der Waals surface area contributed by atoms with E-state index >= 15 is 0 Å². The molecular formula is C52H74N2O6. The Balaban J connectivity index is 1.04. The third-order valence-corrected chi connectivity index (χ3v) is 17.9. The highest BCUT2D eigenvalue weighted by atomic mass is 16.6. The minimum Gasteiger partial charge on any atom is -0.508 e. The van der Waals surface area contributed by atoms with E-state index in [0.29, 0.717) is 50.0 Å². The largest absolute Gasteiger partial charge is 0.508 e. The molecule has 2 aromatic carbocycles. The monoisotopic (exact) mass is 823 g/mol. The van der Waals surface area contributed by atoms with Gasteiger partial charge in [-0.05, 0) is 158 Å². The number of nitrogen functional groups attached to an aromatic ring is 1. The van der Waals surface area contributed by atoms with E-state index in [1.54, 1.807) is 12.1 Å². The van der Waals surface area contributed by atoms with Gasteiger partial charge in [0.05, 0.1) is 17.8 Å². The molecule has 328 valence electrons. The molecule has 0 spiro atoms. The van der Waals surface area contributed by atoms with Crippen LogP contribution in [0.2, 0.25) is 0 Å². The summed E-state index contributed by atoms with van der Waals surface area (Å²) in [6, 6.07) is 12.2. The van der Waals surface area contributed by atoms with E-state index in [9.17, 15) is 24.9 Å². The van der Waals surface area contributed by atoms with Gasteiger partial charge in [0.25, 0.3) is 0 Å². The molecule has 60 heavy (non-hydrogen) atoms. The van der Waals surface area contributed by atoms with E-state index in [1.165, 1.54) is 16.7 Å². The lowest BCUT2D eigenvalue weighted by Crippen LogP contribution is -2.67. The van der Waals surface area contributed by atoms with Crippen molar-refractivity contribution in [1.29, 1.82) is 0 Å². The molecule has 13 atom stereocenters. The van der Waals surface area contributed by atoms with Crippen molar-refractivity contribution >= 4 is 17.3 Å². The molecule has 1 heterocycles. The average Bonchev–Trinajstić information content (AvgIpc) is 3.44. The molecule has 2 aromatic rings. The standard InChI is InChI=1S/C52H74N2O6/c1-28(2)16-30-18-32(22-34(53)20-30)36-12-11-13-38(36)52(9)47(60-52)40(56)17-29(3)44-39-14-15-43-49(6)24-37(33-19-31(27-54-10)21-35(55)23-33)46(59)48(4,5)45(49)42(58)26-51(43,8)50(39,7)25-41(44)57/h18-23,28-29,36-38,40,42-43,45,47,54-56,58H,11-17,24-27,53H2,1-10H3. The average molecular weight is 823 g/mol. The summed E-state index contributed by atoms with van der Waals surface area (Å²) in [5.41, 5.74) is 11.3. The molecule has 0 radical (unpaired) electrons. The number of aromatic hydroxyl groups is 1. The maximum atomic E-state index is 14.5. The van der Waals surface area contributed by atoms with E-state index in [1.807, 2.05) is 20.9 Å². The van der Waals surface area contributed by atoms with Crippen molar-refractivity contribution in [2.45, 2.75) is 169 Å². The number of phenols is 1. The van der Waals surface area contributed by atoms with Crippen molar-refractivity contribution in [1.82, 2.24) is 5.32 Å². The Bertz CT molecular complexity index is 2070. The number of hydrogen-bond donors (Lipinski definition) is 5. The summed E-state index contributed by atoms with van der Waals surface area (Å²) in [6.45, 7) is 20.3. The highest BCUT2D eigenvalue weighted by Crippen LogP contribution is 2.75. The van der Waals surface area contributed by atoms with Gasteiger partial charge in [0, 0.05) is 41.3 Å². The van der Waals surface area contributed by atoms with Crippen molar-refractivity contribution in [3.63, 3.8) is 0 Å². The molecule has 13 unspecified atom stereocenters. The van der Waals surface area contributed by atoms with Crippen LogP contribution in [0.25, 0.3) is 0 Å². The maximum absolute atomic E-state index is 14.5. The van der Waals surface area contributed by atoms with Crippen LogP contribution in [0.3, 0.4) is 0 Å². The van der Waals surface area contributed by atoms with Crippen molar-refractivity contribution in [2.24, 2.45) is 51.2 Å². The van der Waals surface area contributed by atoms with Gasteiger partial charge in [-0.3, -0.25) is 9.59 Å². The zero-order valence-corrected chi connectivity index (χ0v) is 38.2.